The normalized spacial score (nSPS) is 25.1. The minimum atomic E-state index is -3.42. The van der Waals surface area contributed by atoms with Gasteiger partial charge in [-0.15, -0.1) is 0 Å². The number of rotatable bonds is 4. The summed E-state index contributed by atoms with van der Waals surface area (Å²) in [6.07, 6.45) is 0. The Kier molecular flexibility index (Phi) is 4.03. The molecule has 0 spiro atoms. The van der Waals surface area contributed by atoms with Gasteiger partial charge in [-0.1, -0.05) is 13.8 Å². The molecular formula is C13H22N2O3S. The van der Waals surface area contributed by atoms with Gasteiger partial charge in [-0.3, -0.25) is 0 Å². The van der Waals surface area contributed by atoms with Gasteiger partial charge >= 0.3 is 0 Å². The van der Waals surface area contributed by atoms with Crippen LogP contribution in [-0.2, 0) is 16.6 Å². The van der Waals surface area contributed by atoms with Crippen molar-refractivity contribution in [2.75, 3.05) is 20.1 Å². The largest absolute Gasteiger partial charge is 0.464 e. The first kappa shape index (κ1) is 14.6. The smallest absolute Gasteiger partial charge is 0.246 e. The number of sulfonamides is 1. The standard InChI is InChI=1S/C13H22N2O3S/c1-9-7-15(8-10(9)2)19(16,17)13-5-12(6-14-4)18-11(13)3/h5,9-10,14H,6-8H2,1-4H3. The van der Waals surface area contributed by atoms with Crippen molar-refractivity contribution in [2.24, 2.45) is 11.8 Å². The van der Waals surface area contributed by atoms with Crippen LogP contribution in [0.5, 0.6) is 0 Å². The van der Waals surface area contributed by atoms with Crippen molar-refractivity contribution in [2.45, 2.75) is 32.2 Å². The van der Waals surface area contributed by atoms with Gasteiger partial charge in [-0.05, 0) is 25.8 Å². The van der Waals surface area contributed by atoms with Crippen molar-refractivity contribution in [3.63, 3.8) is 0 Å². The fourth-order valence-electron chi connectivity index (χ4n) is 2.45. The van der Waals surface area contributed by atoms with Gasteiger partial charge in [-0.25, -0.2) is 8.42 Å². The SMILES string of the molecule is CNCc1cc(S(=O)(=O)N2CC(C)C(C)C2)c(C)o1. The summed E-state index contributed by atoms with van der Waals surface area (Å²) in [7, 11) is -1.62. The predicted molar refractivity (Wildman–Crippen MR) is 73.3 cm³/mol. The molecule has 1 aliphatic heterocycles. The highest BCUT2D eigenvalue weighted by molar-refractivity contribution is 7.89. The minimum Gasteiger partial charge on any atom is -0.464 e. The van der Waals surface area contributed by atoms with E-state index < -0.39 is 10.0 Å². The highest BCUT2D eigenvalue weighted by atomic mass is 32.2. The first-order chi connectivity index (χ1) is 8.86. The summed E-state index contributed by atoms with van der Waals surface area (Å²) < 4.78 is 32.3. The monoisotopic (exact) mass is 286 g/mol. The molecule has 1 N–H and O–H groups in total. The van der Waals surface area contributed by atoms with E-state index in [0.29, 0.717) is 47.9 Å². The van der Waals surface area contributed by atoms with Crippen LogP contribution in [0.1, 0.15) is 25.4 Å². The zero-order valence-electron chi connectivity index (χ0n) is 11.9. The van der Waals surface area contributed by atoms with E-state index in [1.165, 1.54) is 0 Å². The fourth-order valence-corrected chi connectivity index (χ4v) is 4.28. The molecule has 0 bridgehead atoms. The second-order valence-corrected chi connectivity index (χ2v) is 7.35. The molecule has 1 aromatic rings. The van der Waals surface area contributed by atoms with E-state index in [0.717, 1.165) is 0 Å². The van der Waals surface area contributed by atoms with E-state index in [1.807, 2.05) is 0 Å². The van der Waals surface area contributed by atoms with Gasteiger partial charge in [0, 0.05) is 19.2 Å². The van der Waals surface area contributed by atoms with Crippen molar-refractivity contribution in [3.05, 3.63) is 17.6 Å². The van der Waals surface area contributed by atoms with Crippen LogP contribution in [0.2, 0.25) is 0 Å². The fraction of sp³-hybridized carbons (Fsp3) is 0.692. The zero-order valence-corrected chi connectivity index (χ0v) is 12.8. The summed E-state index contributed by atoms with van der Waals surface area (Å²) in [4.78, 5) is 0.305. The van der Waals surface area contributed by atoms with Gasteiger partial charge in [0.2, 0.25) is 10.0 Å². The van der Waals surface area contributed by atoms with Gasteiger partial charge < -0.3 is 9.73 Å². The number of nitrogens with one attached hydrogen (secondary N) is 1. The molecule has 1 fully saturated rings. The van der Waals surface area contributed by atoms with E-state index in [4.69, 9.17) is 4.42 Å². The molecule has 108 valence electrons. The molecule has 6 heteroatoms. The van der Waals surface area contributed by atoms with Crippen molar-refractivity contribution < 1.29 is 12.8 Å². The third-order valence-corrected chi connectivity index (χ3v) is 5.79. The minimum absolute atomic E-state index is 0.305. The Balaban J connectivity index is 2.30. The third-order valence-electron chi connectivity index (χ3n) is 3.85. The Labute approximate surface area is 115 Å². The molecular weight excluding hydrogens is 264 g/mol. The van der Waals surface area contributed by atoms with Crippen LogP contribution in [0.15, 0.2) is 15.4 Å². The van der Waals surface area contributed by atoms with E-state index in [9.17, 15) is 8.42 Å². The lowest BCUT2D eigenvalue weighted by Crippen LogP contribution is -2.29. The maximum absolute atomic E-state index is 12.6. The molecule has 0 aliphatic carbocycles. The maximum atomic E-state index is 12.6. The summed E-state index contributed by atoms with van der Waals surface area (Å²) in [5.74, 6) is 1.92. The van der Waals surface area contributed by atoms with Gasteiger partial charge in [-0.2, -0.15) is 4.31 Å². The average Bonchev–Trinajstić information content (AvgIpc) is 2.85. The lowest BCUT2D eigenvalue weighted by Gasteiger charge is -2.15. The lowest BCUT2D eigenvalue weighted by molar-refractivity contribution is 0.450. The van der Waals surface area contributed by atoms with Crippen LogP contribution in [0.4, 0.5) is 0 Å². The van der Waals surface area contributed by atoms with E-state index >= 15 is 0 Å². The molecule has 0 aromatic carbocycles. The van der Waals surface area contributed by atoms with E-state index in [2.05, 4.69) is 19.2 Å². The number of furan rings is 1. The second-order valence-electron chi connectivity index (χ2n) is 5.44. The van der Waals surface area contributed by atoms with Crippen molar-refractivity contribution in [3.8, 4) is 0 Å². The summed E-state index contributed by atoms with van der Waals surface area (Å²) in [5, 5.41) is 2.96. The molecule has 19 heavy (non-hydrogen) atoms. The summed E-state index contributed by atoms with van der Waals surface area (Å²) in [6, 6.07) is 1.63. The maximum Gasteiger partial charge on any atom is 0.246 e. The molecule has 2 heterocycles. The first-order valence-electron chi connectivity index (χ1n) is 6.60. The first-order valence-corrected chi connectivity index (χ1v) is 8.04. The number of hydrogen-bond donors (Lipinski definition) is 1. The quantitative estimate of drug-likeness (QED) is 0.913. The topological polar surface area (TPSA) is 62.6 Å². The Bertz CT molecular complexity index is 540. The van der Waals surface area contributed by atoms with Gasteiger partial charge in [0.25, 0.3) is 0 Å². The van der Waals surface area contributed by atoms with Crippen LogP contribution in [0, 0.1) is 18.8 Å². The Morgan fingerprint density at radius 2 is 1.95 bits per heavy atom. The van der Waals surface area contributed by atoms with Crippen LogP contribution >= 0.6 is 0 Å². The Morgan fingerprint density at radius 1 is 1.37 bits per heavy atom. The molecule has 1 aliphatic rings. The summed E-state index contributed by atoms with van der Waals surface area (Å²) in [5.41, 5.74) is 0. The molecule has 5 nitrogen and oxygen atoms in total. The molecule has 0 radical (unpaired) electrons. The molecule has 1 aromatic heterocycles. The lowest BCUT2D eigenvalue weighted by atomic mass is 10.0. The second kappa shape index (κ2) is 5.26. The molecule has 2 rings (SSSR count). The van der Waals surface area contributed by atoms with Crippen molar-refractivity contribution >= 4 is 10.0 Å². The number of aryl methyl sites for hydroxylation is 1. The van der Waals surface area contributed by atoms with Crippen LogP contribution in [0.25, 0.3) is 0 Å². The van der Waals surface area contributed by atoms with E-state index in [-0.39, 0.29) is 0 Å². The highest BCUT2D eigenvalue weighted by Crippen LogP contribution is 2.30. The molecule has 0 amide bonds. The number of nitrogens with zero attached hydrogens (tertiary/aromatic N) is 1. The van der Waals surface area contributed by atoms with Crippen LogP contribution in [0.3, 0.4) is 0 Å². The Morgan fingerprint density at radius 3 is 2.47 bits per heavy atom. The number of hydrogen-bond acceptors (Lipinski definition) is 4. The molecule has 1 saturated heterocycles. The predicted octanol–water partition coefficient (Wildman–Crippen LogP) is 1.58. The zero-order chi connectivity index (χ0) is 14.2. The molecule has 0 saturated carbocycles. The van der Waals surface area contributed by atoms with Gasteiger partial charge in [0.05, 0.1) is 6.54 Å². The van der Waals surface area contributed by atoms with Crippen molar-refractivity contribution in [1.29, 1.82) is 0 Å². The van der Waals surface area contributed by atoms with Crippen LogP contribution < -0.4 is 5.32 Å². The average molecular weight is 286 g/mol. The molecule has 2 atom stereocenters. The van der Waals surface area contributed by atoms with Crippen LogP contribution in [-0.4, -0.2) is 32.9 Å². The van der Waals surface area contributed by atoms with Crippen molar-refractivity contribution in [1.82, 2.24) is 9.62 Å². The van der Waals surface area contributed by atoms with E-state index in [1.54, 1.807) is 24.3 Å². The van der Waals surface area contributed by atoms with Gasteiger partial charge in [0.1, 0.15) is 16.4 Å². The summed E-state index contributed by atoms with van der Waals surface area (Å²) >= 11 is 0. The van der Waals surface area contributed by atoms with Gasteiger partial charge in [0.15, 0.2) is 0 Å². The summed E-state index contributed by atoms with van der Waals surface area (Å²) in [6.45, 7) is 7.60. The molecule has 2 unspecified atom stereocenters. The Hall–Kier alpha value is -0.850. The highest BCUT2D eigenvalue weighted by Gasteiger charge is 2.36. The third kappa shape index (κ3) is 2.70.